The van der Waals surface area contributed by atoms with Crippen molar-refractivity contribution in [1.29, 1.82) is 0 Å². The van der Waals surface area contributed by atoms with Crippen LogP contribution in [0.15, 0.2) is 64.1 Å². The zero-order chi connectivity index (χ0) is 19.5. The fourth-order valence-corrected chi connectivity index (χ4v) is 3.99. The van der Waals surface area contributed by atoms with Crippen LogP contribution in [0.3, 0.4) is 0 Å². The average Bonchev–Trinajstić information content (AvgIpc) is 2.74. The van der Waals surface area contributed by atoms with Crippen molar-refractivity contribution in [1.82, 2.24) is 14.6 Å². The van der Waals surface area contributed by atoms with Gasteiger partial charge in [-0.25, -0.2) is 4.98 Å². The van der Waals surface area contributed by atoms with Crippen LogP contribution >= 0.6 is 15.9 Å². The molecule has 1 unspecified atom stereocenters. The van der Waals surface area contributed by atoms with Crippen molar-refractivity contribution in [3.8, 4) is 11.3 Å². The molecule has 3 aromatic rings. The summed E-state index contributed by atoms with van der Waals surface area (Å²) in [5, 5.41) is 0. The molecule has 1 fully saturated rings. The van der Waals surface area contributed by atoms with Crippen molar-refractivity contribution in [2.24, 2.45) is 0 Å². The lowest BCUT2D eigenvalue weighted by Gasteiger charge is -2.34. The van der Waals surface area contributed by atoms with Gasteiger partial charge in [0.15, 0.2) is 0 Å². The molecule has 3 heterocycles. The maximum atomic E-state index is 12.7. The van der Waals surface area contributed by atoms with E-state index in [4.69, 9.17) is 4.98 Å². The number of pyridine rings is 1. The lowest BCUT2D eigenvalue weighted by molar-refractivity contribution is 0.497. The van der Waals surface area contributed by atoms with Crippen molar-refractivity contribution in [3.63, 3.8) is 0 Å². The number of benzene rings is 1. The summed E-state index contributed by atoms with van der Waals surface area (Å²) in [6.07, 6.45) is 5.61. The molecule has 0 spiro atoms. The monoisotopic (exact) mass is 439 g/mol. The summed E-state index contributed by atoms with van der Waals surface area (Å²) < 4.78 is 2.61. The molecule has 4 rings (SSSR count). The maximum absolute atomic E-state index is 12.7. The Morgan fingerprint density at radius 1 is 1.14 bits per heavy atom. The van der Waals surface area contributed by atoms with Crippen LogP contribution in [-0.4, -0.2) is 34.8 Å². The molecule has 1 saturated heterocycles. The summed E-state index contributed by atoms with van der Waals surface area (Å²) in [6, 6.07) is 13.8. The summed E-state index contributed by atoms with van der Waals surface area (Å²) in [5.41, 5.74) is 5.73. The summed E-state index contributed by atoms with van der Waals surface area (Å²) in [5.74, 6) is 1.07. The fraction of sp³-hybridized carbons (Fsp3) is 0.286. The second-order valence-corrected chi connectivity index (χ2v) is 7.83. The number of aromatic nitrogens is 3. The first kappa shape index (κ1) is 18.7. The first-order valence-electron chi connectivity index (χ1n) is 9.38. The van der Waals surface area contributed by atoms with Crippen LogP contribution in [0.2, 0.25) is 0 Å². The van der Waals surface area contributed by atoms with E-state index < -0.39 is 0 Å². The van der Waals surface area contributed by atoms with E-state index >= 15 is 0 Å². The normalized spacial score (nSPS) is 16.8. The number of piperidine rings is 1. The molecule has 2 aromatic heterocycles. The van der Waals surface area contributed by atoms with Gasteiger partial charge in [-0.15, -0.1) is 0 Å². The summed E-state index contributed by atoms with van der Waals surface area (Å²) in [7, 11) is 1.74. The van der Waals surface area contributed by atoms with Gasteiger partial charge in [0.2, 0.25) is 5.95 Å². The zero-order valence-corrected chi connectivity index (χ0v) is 17.3. The third kappa shape index (κ3) is 3.80. The van der Waals surface area contributed by atoms with E-state index in [-0.39, 0.29) is 5.56 Å². The van der Waals surface area contributed by atoms with Crippen LogP contribution < -0.4 is 15.9 Å². The molecule has 144 valence electrons. The number of anilines is 1. The molecule has 7 heteroatoms. The Bertz CT molecular complexity index is 1000. The number of nitrogens with one attached hydrogen (secondary N) is 1. The predicted molar refractivity (Wildman–Crippen MR) is 115 cm³/mol. The summed E-state index contributed by atoms with van der Waals surface area (Å²) in [6.45, 7) is 1.70. The Balaban J connectivity index is 1.69. The van der Waals surface area contributed by atoms with E-state index in [1.165, 1.54) is 10.2 Å². The Morgan fingerprint density at radius 3 is 2.61 bits per heavy atom. The van der Waals surface area contributed by atoms with Crippen LogP contribution in [0.1, 0.15) is 24.3 Å². The van der Waals surface area contributed by atoms with E-state index in [1.807, 2.05) is 12.1 Å². The van der Waals surface area contributed by atoms with Crippen molar-refractivity contribution < 1.29 is 0 Å². The largest absolute Gasteiger partial charge is 0.340 e. The highest BCUT2D eigenvalue weighted by Gasteiger charge is 2.25. The van der Waals surface area contributed by atoms with E-state index in [0.29, 0.717) is 17.6 Å². The van der Waals surface area contributed by atoms with Gasteiger partial charge in [-0.1, -0.05) is 28.1 Å². The highest BCUT2D eigenvalue weighted by molar-refractivity contribution is 9.10. The Morgan fingerprint density at radius 2 is 1.89 bits per heavy atom. The van der Waals surface area contributed by atoms with Crippen molar-refractivity contribution in [2.45, 2.75) is 18.8 Å². The topological polar surface area (TPSA) is 63.1 Å². The molecule has 1 N–H and O–H groups in total. The number of halogens is 1. The number of rotatable bonds is 4. The molecule has 1 aromatic carbocycles. The molecule has 1 atom stereocenters. The molecule has 0 radical (unpaired) electrons. The minimum atomic E-state index is -0.120. The smallest absolute Gasteiger partial charge is 0.274 e. The number of hydrogen-bond acceptors (Lipinski definition) is 5. The first-order valence-corrected chi connectivity index (χ1v) is 10.2. The van der Waals surface area contributed by atoms with Gasteiger partial charge in [0.1, 0.15) is 0 Å². The highest BCUT2D eigenvalue weighted by atomic mass is 79.9. The zero-order valence-electron chi connectivity index (χ0n) is 15.7. The third-order valence-electron chi connectivity index (χ3n) is 5.15. The van der Waals surface area contributed by atoms with Gasteiger partial charge >= 0.3 is 0 Å². The van der Waals surface area contributed by atoms with E-state index in [1.54, 1.807) is 25.5 Å². The van der Waals surface area contributed by atoms with Crippen LogP contribution in [0, 0.1) is 0 Å². The van der Waals surface area contributed by atoms with Gasteiger partial charge < -0.3 is 10.3 Å². The van der Waals surface area contributed by atoms with Crippen LogP contribution in [0.25, 0.3) is 11.3 Å². The standard InChI is InChI=1S/C21H22BrN5O/c1-23-27-20(28)13-19(16-8-10-24-11-9-16)25-21(27)26-12-2-3-17(14-26)15-4-6-18(22)7-5-15/h4-11,13,17,23H,2-3,12,14H2,1H3. The van der Waals surface area contributed by atoms with E-state index in [0.717, 1.165) is 36.0 Å². The molecule has 0 aliphatic carbocycles. The molecular weight excluding hydrogens is 418 g/mol. The predicted octanol–water partition coefficient (Wildman–Crippen LogP) is 3.63. The van der Waals surface area contributed by atoms with Gasteiger partial charge in [-0.05, 0) is 42.7 Å². The second kappa shape index (κ2) is 8.14. The van der Waals surface area contributed by atoms with Gasteiger partial charge in [0, 0.05) is 54.6 Å². The Hall–Kier alpha value is -2.67. The molecule has 1 aliphatic heterocycles. The van der Waals surface area contributed by atoms with Gasteiger partial charge in [-0.2, -0.15) is 4.68 Å². The fourth-order valence-electron chi connectivity index (χ4n) is 3.73. The first-order chi connectivity index (χ1) is 13.7. The lowest BCUT2D eigenvalue weighted by Crippen LogP contribution is -2.41. The van der Waals surface area contributed by atoms with Crippen molar-refractivity contribution >= 4 is 21.9 Å². The summed E-state index contributed by atoms with van der Waals surface area (Å²) in [4.78, 5) is 23.8. The second-order valence-electron chi connectivity index (χ2n) is 6.91. The molecule has 0 bridgehead atoms. The van der Waals surface area contributed by atoms with Crippen LogP contribution in [-0.2, 0) is 0 Å². The van der Waals surface area contributed by atoms with Gasteiger partial charge in [0.05, 0.1) is 5.69 Å². The SMILES string of the molecule is CNn1c(N2CCCC(c3ccc(Br)cc3)C2)nc(-c2ccncc2)cc1=O. The molecule has 28 heavy (non-hydrogen) atoms. The molecule has 1 aliphatic rings. The quantitative estimate of drug-likeness (QED) is 0.672. The van der Waals surface area contributed by atoms with E-state index in [2.05, 4.69) is 55.5 Å². The third-order valence-corrected chi connectivity index (χ3v) is 5.68. The minimum absolute atomic E-state index is 0.120. The molecule has 0 amide bonds. The van der Waals surface area contributed by atoms with E-state index in [9.17, 15) is 4.79 Å². The molecule has 6 nitrogen and oxygen atoms in total. The molecular formula is C21H22BrN5O. The molecule has 0 saturated carbocycles. The van der Waals surface area contributed by atoms with Gasteiger partial charge in [0.25, 0.3) is 5.56 Å². The van der Waals surface area contributed by atoms with Crippen LogP contribution in [0.5, 0.6) is 0 Å². The maximum Gasteiger partial charge on any atom is 0.274 e. The van der Waals surface area contributed by atoms with Crippen LogP contribution in [0.4, 0.5) is 5.95 Å². The lowest BCUT2D eigenvalue weighted by atomic mass is 9.91. The van der Waals surface area contributed by atoms with Crippen molar-refractivity contribution in [3.05, 3.63) is 75.2 Å². The number of nitrogens with zero attached hydrogens (tertiary/aromatic N) is 4. The number of hydrogen-bond donors (Lipinski definition) is 1. The summed E-state index contributed by atoms with van der Waals surface area (Å²) >= 11 is 3.50. The van der Waals surface area contributed by atoms with Gasteiger partial charge in [-0.3, -0.25) is 9.78 Å². The Kier molecular flexibility index (Phi) is 5.43. The minimum Gasteiger partial charge on any atom is -0.340 e. The Labute approximate surface area is 172 Å². The average molecular weight is 440 g/mol. The van der Waals surface area contributed by atoms with Crippen molar-refractivity contribution in [2.75, 3.05) is 30.5 Å². The highest BCUT2D eigenvalue weighted by Crippen LogP contribution is 2.30.